The van der Waals surface area contributed by atoms with Crippen LogP contribution in [-0.2, 0) is 0 Å². The molecule has 23 heavy (non-hydrogen) atoms. The minimum Gasteiger partial charge on any atom is -0.493 e. The lowest BCUT2D eigenvalue weighted by atomic mass is 9.98. The van der Waals surface area contributed by atoms with Crippen LogP contribution in [0.2, 0.25) is 0 Å². The van der Waals surface area contributed by atoms with Crippen LogP contribution in [0.3, 0.4) is 0 Å². The highest BCUT2D eigenvalue weighted by molar-refractivity contribution is 5.76. The van der Waals surface area contributed by atoms with Crippen LogP contribution < -0.4 is 19.5 Å². The van der Waals surface area contributed by atoms with Gasteiger partial charge in [0.1, 0.15) is 0 Å². The third-order valence-electron chi connectivity index (χ3n) is 4.08. The smallest absolute Gasteiger partial charge is 0.203 e. The van der Waals surface area contributed by atoms with E-state index in [1.54, 1.807) is 21.3 Å². The van der Waals surface area contributed by atoms with Crippen molar-refractivity contribution in [3.8, 4) is 28.4 Å². The monoisotopic (exact) mass is 315 g/mol. The maximum Gasteiger partial charge on any atom is 0.203 e. The van der Waals surface area contributed by atoms with Gasteiger partial charge < -0.3 is 19.5 Å². The van der Waals surface area contributed by atoms with Crippen LogP contribution in [0.15, 0.2) is 36.4 Å². The summed E-state index contributed by atoms with van der Waals surface area (Å²) in [4.78, 5) is 0. The quantitative estimate of drug-likeness (QED) is 0.837. The average Bonchev–Trinajstić information content (AvgIpc) is 2.61. The third-order valence-corrected chi connectivity index (χ3v) is 4.08. The molecular weight excluding hydrogens is 290 g/mol. The average molecular weight is 315 g/mol. The molecule has 0 amide bonds. The highest BCUT2D eigenvalue weighted by Crippen LogP contribution is 2.44. The van der Waals surface area contributed by atoms with Crippen molar-refractivity contribution in [2.45, 2.75) is 19.4 Å². The zero-order valence-corrected chi connectivity index (χ0v) is 14.5. The summed E-state index contributed by atoms with van der Waals surface area (Å²) in [6.45, 7) is 2.17. The van der Waals surface area contributed by atoms with Crippen molar-refractivity contribution in [3.05, 3.63) is 42.0 Å². The lowest BCUT2D eigenvalue weighted by Gasteiger charge is -2.17. The van der Waals surface area contributed by atoms with Crippen LogP contribution in [0.1, 0.15) is 24.9 Å². The Balaban J connectivity index is 2.46. The number of methoxy groups -OCH3 is 3. The summed E-state index contributed by atoms with van der Waals surface area (Å²) in [5.74, 6) is 1.95. The van der Waals surface area contributed by atoms with E-state index in [4.69, 9.17) is 14.2 Å². The zero-order valence-electron chi connectivity index (χ0n) is 14.5. The molecule has 2 rings (SSSR count). The molecule has 1 N–H and O–H groups in total. The summed E-state index contributed by atoms with van der Waals surface area (Å²) in [7, 11) is 6.86. The summed E-state index contributed by atoms with van der Waals surface area (Å²) >= 11 is 0. The van der Waals surface area contributed by atoms with Crippen molar-refractivity contribution in [1.29, 1.82) is 0 Å². The largest absolute Gasteiger partial charge is 0.493 e. The van der Waals surface area contributed by atoms with Crippen molar-refractivity contribution < 1.29 is 14.2 Å². The highest BCUT2D eigenvalue weighted by Gasteiger charge is 2.17. The Kier molecular flexibility index (Phi) is 5.88. The Morgan fingerprint density at radius 3 is 2.00 bits per heavy atom. The van der Waals surface area contributed by atoms with E-state index in [-0.39, 0.29) is 0 Å². The Morgan fingerprint density at radius 2 is 1.52 bits per heavy atom. The Labute approximate surface area is 138 Å². The van der Waals surface area contributed by atoms with E-state index in [2.05, 4.69) is 36.5 Å². The maximum absolute atomic E-state index is 5.57. The second-order valence-electron chi connectivity index (χ2n) is 5.25. The first-order chi connectivity index (χ1) is 11.2. The minimum atomic E-state index is 0.372. The molecule has 0 saturated carbocycles. The molecule has 124 valence electrons. The molecule has 1 unspecified atom stereocenters. The van der Waals surface area contributed by atoms with E-state index < -0.39 is 0 Å². The molecule has 0 aromatic heterocycles. The molecule has 0 aliphatic heterocycles. The van der Waals surface area contributed by atoms with Crippen LogP contribution in [0.5, 0.6) is 17.2 Å². The van der Waals surface area contributed by atoms with E-state index in [1.165, 1.54) is 5.56 Å². The molecule has 4 heteroatoms. The van der Waals surface area contributed by atoms with Crippen molar-refractivity contribution in [3.63, 3.8) is 0 Å². The van der Waals surface area contributed by atoms with Crippen molar-refractivity contribution in [1.82, 2.24) is 5.32 Å². The summed E-state index contributed by atoms with van der Waals surface area (Å²) in [5, 5.41) is 3.32. The van der Waals surface area contributed by atoms with Crippen LogP contribution in [0.25, 0.3) is 11.1 Å². The lowest BCUT2D eigenvalue weighted by Crippen LogP contribution is -2.14. The van der Waals surface area contributed by atoms with Crippen LogP contribution in [-0.4, -0.2) is 28.4 Å². The first kappa shape index (κ1) is 17.2. The topological polar surface area (TPSA) is 39.7 Å². The fourth-order valence-electron chi connectivity index (χ4n) is 2.83. The van der Waals surface area contributed by atoms with Gasteiger partial charge in [0.2, 0.25) is 5.75 Å². The summed E-state index contributed by atoms with van der Waals surface area (Å²) < 4.78 is 16.4. The summed E-state index contributed by atoms with van der Waals surface area (Å²) in [6, 6.07) is 12.8. The normalized spacial score (nSPS) is 11.9. The number of benzene rings is 2. The molecule has 0 saturated heterocycles. The van der Waals surface area contributed by atoms with Gasteiger partial charge in [-0.3, -0.25) is 0 Å². The van der Waals surface area contributed by atoms with Crippen LogP contribution >= 0.6 is 0 Å². The van der Waals surface area contributed by atoms with Gasteiger partial charge >= 0.3 is 0 Å². The van der Waals surface area contributed by atoms with Gasteiger partial charge in [-0.25, -0.2) is 0 Å². The van der Waals surface area contributed by atoms with E-state index >= 15 is 0 Å². The van der Waals surface area contributed by atoms with Crippen molar-refractivity contribution in [2.75, 3.05) is 28.4 Å². The zero-order chi connectivity index (χ0) is 16.8. The Morgan fingerprint density at radius 1 is 0.870 bits per heavy atom. The second kappa shape index (κ2) is 7.88. The molecule has 2 aromatic carbocycles. The number of ether oxygens (including phenoxy) is 3. The molecule has 4 nitrogen and oxygen atoms in total. The third kappa shape index (κ3) is 3.42. The van der Waals surface area contributed by atoms with Gasteiger partial charge in [-0.1, -0.05) is 31.2 Å². The molecule has 0 aliphatic carbocycles. The highest BCUT2D eigenvalue weighted by atomic mass is 16.5. The van der Waals surface area contributed by atoms with Gasteiger partial charge in [0.05, 0.1) is 21.3 Å². The Bertz CT molecular complexity index is 634. The molecule has 0 aliphatic rings. The van der Waals surface area contributed by atoms with Gasteiger partial charge in [-0.05, 0) is 36.7 Å². The minimum absolute atomic E-state index is 0.372. The summed E-state index contributed by atoms with van der Waals surface area (Å²) in [5.41, 5.74) is 3.34. The fourth-order valence-corrected chi connectivity index (χ4v) is 2.83. The van der Waals surface area contributed by atoms with E-state index in [9.17, 15) is 0 Å². The lowest BCUT2D eigenvalue weighted by molar-refractivity contribution is 0.325. The first-order valence-electron chi connectivity index (χ1n) is 7.76. The molecule has 1 atom stereocenters. The molecule has 0 radical (unpaired) electrons. The van der Waals surface area contributed by atoms with Crippen molar-refractivity contribution >= 4 is 0 Å². The van der Waals surface area contributed by atoms with Gasteiger partial charge in [0.25, 0.3) is 0 Å². The number of hydrogen-bond acceptors (Lipinski definition) is 4. The van der Waals surface area contributed by atoms with Gasteiger partial charge in [0, 0.05) is 11.6 Å². The number of nitrogens with one attached hydrogen (secondary N) is 1. The van der Waals surface area contributed by atoms with Gasteiger partial charge in [-0.2, -0.15) is 0 Å². The molecule has 0 fully saturated rings. The van der Waals surface area contributed by atoms with Crippen molar-refractivity contribution in [2.24, 2.45) is 0 Å². The maximum atomic E-state index is 5.57. The predicted octanol–water partition coefficient (Wildman–Crippen LogP) is 4.05. The van der Waals surface area contributed by atoms with Gasteiger partial charge in [0.15, 0.2) is 11.5 Å². The van der Waals surface area contributed by atoms with E-state index in [0.29, 0.717) is 23.3 Å². The number of rotatable bonds is 7. The number of hydrogen-bond donors (Lipinski definition) is 1. The Hall–Kier alpha value is -2.20. The molecule has 0 bridgehead atoms. The van der Waals surface area contributed by atoms with Crippen LogP contribution in [0, 0.1) is 0 Å². The van der Waals surface area contributed by atoms with E-state index in [0.717, 1.165) is 17.5 Å². The van der Waals surface area contributed by atoms with Gasteiger partial charge in [-0.15, -0.1) is 0 Å². The fraction of sp³-hybridized carbons (Fsp3) is 0.368. The van der Waals surface area contributed by atoms with Crippen LogP contribution in [0.4, 0.5) is 0 Å². The second-order valence-corrected chi connectivity index (χ2v) is 5.25. The molecule has 0 heterocycles. The standard InChI is InChI=1S/C19H25NO3/c1-6-16(20-2)14-9-7-13(8-10-14)15-11-12-17(21-3)19(23-5)18(15)22-4/h7-12,16,20H,6H2,1-5H3. The predicted molar refractivity (Wildman–Crippen MR) is 93.6 cm³/mol. The molecular formula is C19H25NO3. The summed E-state index contributed by atoms with van der Waals surface area (Å²) in [6.07, 6.45) is 1.05. The molecule has 2 aromatic rings. The SMILES string of the molecule is CCC(NC)c1ccc(-c2ccc(OC)c(OC)c2OC)cc1. The van der Waals surface area contributed by atoms with E-state index in [1.807, 2.05) is 19.2 Å². The first-order valence-corrected chi connectivity index (χ1v) is 7.76. The molecule has 0 spiro atoms.